The third-order valence-corrected chi connectivity index (χ3v) is 8.12. The van der Waals surface area contributed by atoms with Gasteiger partial charge in [0.05, 0.1) is 6.54 Å². The predicted molar refractivity (Wildman–Crippen MR) is 156 cm³/mol. The van der Waals surface area contributed by atoms with E-state index >= 15 is 0 Å². The Morgan fingerprint density at radius 1 is 1.00 bits per heavy atom. The number of aryl methyl sites for hydroxylation is 2. The van der Waals surface area contributed by atoms with E-state index in [1.165, 1.54) is 5.56 Å². The number of anilines is 1. The number of rotatable bonds is 7. The van der Waals surface area contributed by atoms with E-state index in [1.54, 1.807) is 4.90 Å². The van der Waals surface area contributed by atoms with Crippen molar-refractivity contribution in [3.05, 3.63) is 94.6 Å². The molecule has 0 bridgehead atoms. The number of benzene rings is 2. The lowest BCUT2D eigenvalue weighted by atomic mass is 10.0. The van der Waals surface area contributed by atoms with Gasteiger partial charge in [-0.1, -0.05) is 36.9 Å². The normalized spacial score (nSPS) is 19.4. The molecule has 2 amide bonds. The molecular formula is C32H36N6O3. The number of carbonyl (C=O) groups excluding carboxylic acids is 2. The average molecular weight is 553 g/mol. The fourth-order valence-corrected chi connectivity index (χ4v) is 5.93. The number of aromatic nitrogens is 2. The quantitative estimate of drug-likeness (QED) is 0.478. The second-order valence-corrected chi connectivity index (χ2v) is 11.1. The molecule has 6 rings (SSSR count). The van der Waals surface area contributed by atoms with E-state index in [9.17, 15) is 9.59 Å². The van der Waals surface area contributed by atoms with Crippen molar-refractivity contribution in [2.24, 2.45) is 0 Å². The molecule has 0 spiro atoms. The predicted octanol–water partition coefficient (Wildman–Crippen LogP) is 3.74. The summed E-state index contributed by atoms with van der Waals surface area (Å²) in [6.45, 7) is 13.4. The Kier molecular flexibility index (Phi) is 7.45. The van der Waals surface area contributed by atoms with Crippen molar-refractivity contribution in [1.82, 2.24) is 25.1 Å². The van der Waals surface area contributed by atoms with Crippen LogP contribution in [0.5, 0.6) is 5.75 Å². The van der Waals surface area contributed by atoms with Crippen LogP contribution in [0.4, 0.5) is 5.82 Å². The van der Waals surface area contributed by atoms with Gasteiger partial charge in [-0.05, 0) is 49.9 Å². The molecule has 212 valence electrons. The van der Waals surface area contributed by atoms with Crippen molar-refractivity contribution in [2.45, 2.75) is 52.4 Å². The molecule has 2 saturated heterocycles. The lowest BCUT2D eigenvalue weighted by molar-refractivity contribution is -0.126. The van der Waals surface area contributed by atoms with Crippen LogP contribution < -0.4 is 15.0 Å². The minimum Gasteiger partial charge on any atom is -0.489 e. The fraction of sp³-hybridized carbons (Fsp3) is 0.375. The van der Waals surface area contributed by atoms with Crippen LogP contribution in [0.25, 0.3) is 0 Å². The average Bonchev–Trinajstić information content (AvgIpc) is 3.29. The van der Waals surface area contributed by atoms with Gasteiger partial charge in [0.2, 0.25) is 5.91 Å². The summed E-state index contributed by atoms with van der Waals surface area (Å²) >= 11 is 0. The van der Waals surface area contributed by atoms with E-state index in [-0.39, 0.29) is 11.8 Å². The molecule has 2 aromatic carbocycles. The summed E-state index contributed by atoms with van der Waals surface area (Å²) in [7, 11) is 0. The molecule has 0 saturated carbocycles. The van der Waals surface area contributed by atoms with Gasteiger partial charge in [-0.3, -0.25) is 14.5 Å². The van der Waals surface area contributed by atoms with Crippen molar-refractivity contribution in [3.8, 4) is 5.75 Å². The minimum absolute atomic E-state index is 0.120. The smallest absolute Gasteiger partial charge is 0.255 e. The Balaban J connectivity index is 1.03. The number of piperidine rings is 1. The third-order valence-electron chi connectivity index (χ3n) is 8.12. The van der Waals surface area contributed by atoms with Gasteiger partial charge >= 0.3 is 0 Å². The lowest BCUT2D eigenvalue weighted by Gasteiger charge is -2.35. The summed E-state index contributed by atoms with van der Waals surface area (Å²) in [6.07, 6.45) is 1.26. The summed E-state index contributed by atoms with van der Waals surface area (Å²) in [4.78, 5) is 41.1. The Morgan fingerprint density at radius 2 is 1.76 bits per heavy atom. The molecule has 3 aliphatic rings. The number of hydrogen-bond acceptors (Lipinski definition) is 7. The van der Waals surface area contributed by atoms with Gasteiger partial charge < -0.3 is 19.9 Å². The molecule has 9 nitrogen and oxygen atoms in total. The van der Waals surface area contributed by atoms with Crippen molar-refractivity contribution in [3.63, 3.8) is 0 Å². The molecule has 0 radical (unpaired) electrons. The molecule has 9 heteroatoms. The first-order chi connectivity index (χ1) is 19.8. The lowest BCUT2D eigenvalue weighted by Crippen LogP contribution is -2.49. The summed E-state index contributed by atoms with van der Waals surface area (Å²) in [5.74, 6) is 2.24. The maximum atomic E-state index is 13.1. The highest BCUT2D eigenvalue weighted by Gasteiger charge is 2.39. The highest BCUT2D eigenvalue weighted by atomic mass is 16.5. The third kappa shape index (κ3) is 5.81. The summed E-state index contributed by atoms with van der Waals surface area (Å²) < 4.78 is 6.20. The zero-order chi connectivity index (χ0) is 28.5. The van der Waals surface area contributed by atoms with Crippen LogP contribution in [0.15, 0.2) is 60.8 Å². The standard InChI is InChI=1S/C32H36N6O3/c1-21-7-12-28(31(39)34-21)38-19-27-26(32(38)40)5-4-6-29(27)41-20-25-10-8-24(9-11-25)18-36-13-15-37(16-14-36)30-17-22(2)33-23(3)35-30/h4-6,8-11,17,28H,1,7,12-16,18-20H2,2-3H3,(H,34,39). The summed E-state index contributed by atoms with van der Waals surface area (Å²) in [6, 6.07) is 15.7. The van der Waals surface area contributed by atoms with Gasteiger partial charge in [-0.25, -0.2) is 9.97 Å². The highest BCUT2D eigenvalue weighted by Crippen LogP contribution is 2.34. The molecule has 1 atom stereocenters. The second-order valence-electron chi connectivity index (χ2n) is 11.1. The monoisotopic (exact) mass is 552 g/mol. The number of amides is 2. The van der Waals surface area contributed by atoms with Crippen molar-refractivity contribution >= 4 is 17.6 Å². The largest absolute Gasteiger partial charge is 0.489 e. The van der Waals surface area contributed by atoms with E-state index in [4.69, 9.17) is 4.74 Å². The molecule has 3 aromatic rings. The first-order valence-corrected chi connectivity index (χ1v) is 14.3. The van der Waals surface area contributed by atoms with Crippen molar-refractivity contribution < 1.29 is 14.3 Å². The van der Waals surface area contributed by atoms with Crippen molar-refractivity contribution in [2.75, 3.05) is 31.1 Å². The number of nitrogens with zero attached hydrogens (tertiary/aromatic N) is 5. The van der Waals surface area contributed by atoms with Crippen LogP contribution >= 0.6 is 0 Å². The molecular weight excluding hydrogens is 516 g/mol. The van der Waals surface area contributed by atoms with Crippen LogP contribution in [0.2, 0.25) is 0 Å². The van der Waals surface area contributed by atoms with Crippen LogP contribution in [-0.2, 0) is 24.5 Å². The van der Waals surface area contributed by atoms with E-state index < -0.39 is 6.04 Å². The van der Waals surface area contributed by atoms with E-state index in [0.29, 0.717) is 43.0 Å². The van der Waals surface area contributed by atoms with Crippen LogP contribution in [0, 0.1) is 13.8 Å². The SMILES string of the molecule is C=C1CCC(N2Cc3c(OCc4ccc(CN5CCN(c6cc(C)nc(C)n6)CC5)cc4)cccc3C2=O)C(=O)N1. The summed E-state index contributed by atoms with van der Waals surface area (Å²) in [5, 5.41) is 2.79. The number of allylic oxidation sites excluding steroid dienone is 1. The van der Waals surface area contributed by atoms with E-state index in [2.05, 4.69) is 62.0 Å². The Hall–Kier alpha value is -4.24. The number of piperazine rings is 1. The zero-order valence-electron chi connectivity index (χ0n) is 23.7. The van der Waals surface area contributed by atoms with Gasteiger partial charge in [0, 0.05) is 61.3 Å². The molecule has 41 heavy (non-hydrogen) atoms. The molecule has 2 fully saturated rings. The number of nitrogens with one attached hydrogen (secondary N) is 1. The Labute approximate surface area is 240 Å². The first-order valence-electron chi connectivity index (χ1n) is 14.3. The van der Waals surface area contributed by atoms with Gasteiger partial charge in [0.1, 0.15) is 30.0 Å². The zero-order valence-corrected chi connectivity index (χ0v) is 23.7. The van der Waals surface area contributed by atoms with Gasteiger partial charge in [-0.15, -0.1) is 0 Å². The second kappa shape index (κ2) is 11.3. The van der Waals surface area contributed by atoms with E-state index in [1.807, 2.05) is 32.0 Å². The molecule has 1 aromatic heterocycles. The number of hydrogen-bond donors (Lipinski definition) is 1. The Bertz CT molecular complexity index is 1460. The highest BCUT2D eigenvalue weighted by molar-refractivity contribution is 6.02. The first kappa shape index (κ1) is 27.0. The summed E-state index contributed by atoms with van der Waals surface area (Å²) in [5.41, 5.74) is 5.50. The van der Waals surface area contributed by atoms with Crippen LogP contribution in [0.3, 0.4) is 0 Å². The topological polar surface area (TPSA) is 90.9 Å². The number of fused-ring (bicyclic) bond motifs is 1. The Morgan fingerprint density at radius 3 is 2.49 bits per heavy atom. The minimum atomic E-state index is -0.482. The molecule has 0 aliphatic carbocycles. The van der Waals surface area contributed by atoms with Gasteiger partial charge in [0.25, 0.3) is 5.91 Å². The maximum absolute atomic E-state index is 13.1. The van der Waals surface area contributed by atoms with Gasteiger partial charge in [-0.2, -0.15) is 0 Å². The molecule has 3 aliphatic heterocycles. The fourth-order valence-electron chi connectivity index (χ4n) is 5.93. The van der Waals surface area contributed by atoms with Gasteiger partial charge in [0.15, 0.2) is 0 Å². The molecule has 4 heterocycles. The maximum Gasteiger partial charge on any atom is 0.255 e. The van der Waals surface area contributed by atoms with Crippen molar-refractivity contribution in [1.29, 1.82) is 0 Å². The number of carbonyl (C=O) groups is 2. The van der Waals surface area contributed by atoms with Crippen LogP contribution in [0.1, 0.15) is 51.4 Å². The molecule has 1 unspecified atom stereocenters. The molecule has 1 N–H and O–H groups in total. The van der Waals surface area contributed by atoms with E-state index in [0.717, 1.165) is 61.2 Å². The number of ether oxygens (including phenoxy) is 1. The van der Waals surface area contributed by atoms with Crippen LogP contribution in [-0.4, -0.2) is 63.8 Å².